The summed E-state index contributed by atoms with van der Waals surface area (Å²) in [6.07, 6.45) is 3.72. The first-order valence-corrected chi connectivity index (χ1v) is 9.43. The highest BCUT2D eigenvalue weighted by atomic mass is 35.5. The Labute approximate surface area is 167 Å². The van der Waals surface area contributed by atoms with Gasteiger partial charge in [0, 0.05) is 28.9 Å². The number of hydrogen-bond acceptors (Lipinski definition) is 2. The topological polar surface area (TPSA) is 30.7 Å². The average Bonchev–Trinajstić information content (AvgIpc) is 3.24. The Hall–Kier alpha value is -3.43. The molecular formula is C24H16ClN3. The molecule has 0 N–H and O–H groups in total. The minimum absolute atomic E-state index is 0.479. The molecule has 5 aromatic rings. The summed E-state index contributed by atoms with van der Waals surface area (Å²) in [4.78, 5) is 9.35. The van der Waals surface area contributed by atoms with Crippen molar-refractivity contribution in [2.45, 2.75) is 0 Å². The lowest BCUT2D eigenvalue weighted by molar-refractivity contribution is 1.02. The van der Waals surface area contributed by atoms with Crippen molar-refractivity contribution in [3.05, 3.63) is 102 Å². The van der Waals surface area contributed by atoms with Crippen LogP contribution in [0.2, 0.25) is 5.15 Å². The molecule has 0 atom stereocenters. The van der Waals surface area contributed by atoms with E-state index in [0.717, 1.165) is 39.1 Å². The molecular weight excluding hydrogens is 366 g/mol. The third kappa shape index (κ3) is 2.77. The van der Waals surface area contributed by atoms with Crippen LogP contribution in [0.3, 0.4) is 0 Å². The third-order valence-corrected chi connectivity index (χ3v) is 5.08. The summed E-state index contributed by atoms with van der Waals surface area (Å²) in [5.74, 6) is 1.61. The summed E-state index contributed by atoms with van der Waals surface area (Å²) in [5, 5.41) is 2.57. The van der Waals surface area contributed by atoms with E-state index in [2.05, 4.69) is 29.2 Å². The second kappa shape index (κ2) is 6.95. The molecule has 0 radical (unpaired) electrons. The van der Waals surface area contributed by atoms with E-state index in [-0.39, 0.29) is 0 Å². The highest BCUT2D eigenvalue weighted by Crippen LogP contribution is 2.37. The van der Waals surface area contributed by atoms with Crippen LogP contribution in [0.1, 0.15) is 0 Å². The van der Waals surface area contributed by atoms with Gasteiger partial charge in [-0.05, 0) is 10.9 Å². The SMILES string of the molecule is Clc1nc(-n2ccnc2-c2ccccc2)c2ccccc2c1-c1ccccc1. The third-order valence-electron chi connectivity index (χ3n) is 4.81. The summed E-state index contributed by atoms with van der Waals surface area (Å²) in [6.45, 7) is 0. The molecule has 0 spiro atoms. The Morgan fingerprint density at radius 1 is 0.679 bits per heavy atom. The number of benzene rings is 3. The van der Waals surface area contributed by atoms with E-state index in [1.54, 1.807) is 6.20 Å². The number of imidazole rings is 1. The molecule has 0 bridgehead atoms. The monoisotopic (exact) mass is 381 g/mol. The van der Waals surface area contributed by atoms with E-state index >= 15 is 0 Å². The second-order valence-electron chi connectivity index (χ2n) is 6.50. The van der Waals surface area contributed by atoms with Gasteiger partial charge < -0.3 is 0 Å². The normalized spacial score (nSPS) is 11.0. The van der Waals surface area contributed by atoms with Crippen LogP contribution in [0.25, 0.3) is 39.1 Å². The average molecular weight is 382 g/mol. The highest BCUT2D eigenvalue weighted by Gasteiger charge is 2.17. The fourth-order valence-corrected chi connectivity index (χ4v) is 3.85. The van der Waals surface area contributed by atoms with Gasteiger partial charge in [0.15, 0.2) is 0 Å². The molecule has 3 aromatic carbocycles. The lowest BCUT2D eigenvalue weighted by atomic mass is 10.0. The number of hydrogen-bond donors (Lipinski definition) is 0. The molecule has 2 heterocycles. The van der Waals surface area contributed by atoms with Crippen LogP contribution in [0.15, 0.2) is 97.3 Å². The lowest BCUT2D eigenvalue weighted by Crippen LogP contribution is -2.02. The van der Waals surface area contributed by atoms with Gasteiger partial charge in [0.2, 0.25) is 0 Å². The number of aromatic nitrogens is 3. The highest BCUT2D eigenvalue weighted by molar-refractivity contribution is 6.34. The Morgan fingerprint density at radius 2 is 1.29 bits per heavy atom. The first-order valence-electron chi connectivity index (χ1n) is 9.06. The van der Waals surface area contributed by atoms with E-state index in [1.807, 2.05) is 71.4 Å². The number of rotatable bonds is 3. The predicted molar refractivity (Wildman–Crippen MR) is 115 cm³/mol. The molecule has 0 saturated carbocycles. The molecule has 0 aliphatic carbocycles. The Kier molecular flexibility index (Phi) is 4.15. The quantitative estimate of drug-likeness (QED) is 0.338. The molecule has 0 aliphatic rings. The van der Waals surface area contributed by atoms with Gasteiger partial charge in [-0.3, -0.25) is 4.57 Å². The molecule has 134 valence electrons. The van der Waals surface area contributed by atoms with Crippen molar-refractivity contribution in [3.63, 3.8) is 0 Å². The fraction of sp³-hybridized carbons (Fsp3) is 0. The van der Waals surface area contributed by atoms with Crippen molar-refractivity contribution in [2.24, 2.45) is 0 Å². The van der Waals surface area contributed by atoms with Crippen LogP contribution in [-0.4, -0.2) is 14.5 Å². The Bertz CT molecular complexity index is 1260. The molecule has 0 unspecified atom stereocenters. The smallest absolute Gasteiger partial charge is 0.148 e. The molecule has 2 aromatic heterocycles. The summed E-state index contributed by atoms with van der Waals surface area (Å²) >= 11 is 6.71. The Morgan fingerprint density at radius 3 is 2.00 bits per heavy atom. The second-order valence-corrected chi connectivity index (χ2v) is 6.86. The van der Waals surface area contributed by atoms with Gasteiger partial charge in [0.25, 0.3) is 0 Å². The van der Waals surface area contributed by atoms with Crippen LogP contribution >= 0.6 is 11.6 Å². The van der Waals surface area contributed by atoms with Gasteiger partial charge in [-0.25, -0.2) is 9.97 Å². The van der Waals surface area contributed by atoms with E-state index in [9.17, 15) is 0 Å². The minimum atomic E-state index is 0.479. The molecule has 5 rings (SSSR count). The zero-order chi connectivity index (χ0) is 18.9. The zero-order valence-electron chi connectivity index (χ0n) is 15.0. The summed E-state index contributed by atoms with van der Waals surface area (Å²) in [7, 11) is 0. The fourth-order valence-electron chi connectivity index (χ4n) is 3.55. The molecule has 0 amide bonds. The number of pyridine rings is 1. The van der Waals surface area contributed by atoms with E-state index in [4.69, 9.17) is 16.6 Å². The maximum Gasteiger partial charge on any atom is 0.148 e. The molecule has 0 aliphatic heterocycles. The summed E-state index contributed by atoms with van der Waals surface area (Å²) in [6, 6.07) is 28.4. The molecule has 4 heteroatoms. The van der Waals surface area contributed by atoms with Crippen molar-refractivity contribution >= 4 is 22.4 Å². The number of nitrogens with zero attached hydrogens (tertiary/aromatic N) is 3. The van der Waals surface area contributed by atoms with Gasteiger partial charge in [-0.15, -0.1) is 0 Å². The van der Waals surface area contributed by atoms with Crippen LogP contribution in [0.5, 0.6) is 0 Å². The molecule has 3 nitrogen and oxygen atoms in total. The molecule has 0 saturated heterocycles. The number of fused-ring (bicyclic) bond motifs is 1. The minimum Gasteiger partial charge on any atom is -0.283 e. The van der Waals surface area contributed by atoms with Crippen LogP contribution < -0.4 is 0 Å². The summed E-state index contributed by atoms with van der Waals surface area (Å²) in [5.41, 5.74) is 3.03. The number of halogens is 1. The van der Waals surface area contributed by atoms with Gasteiger partial charge >= 0.3 is 0 Å². The van der Waals surface area contributed by atoms with Crippen LogP contribution in [0.4, 0.5) is 0 Å². The van der Waals surface area contributed by atoms with E-state index in [0.29, 0.717) is 5.15 Å². The van der Waals surface area contributed by atoms with E-state index in [1.165, 1.54) is 0 Å². The maximum atomic E-state index is 6.71. The lowest BCUT2D eigenvalue weighted by Gasteiger charge is -2.15. The van der Waals surface area contributed by atoms with Crippen molar-refractivity contribution < 1.29 is 0 Å². The van der Waals surface area contributed by atoms with Crippen molar-refractivity contribution in [1.82, 2.24) is 14.5 Å². The maximum absolute atomic E-state index is 6.71. The Balaban J connectivity index is 1.80. The van der Waals surface area contributed by atoms with Gasteiger partial charge in [-0.1, -0.05) is 96.5 Å². The summed E-state index contributed by atoms with van der Waals surface area (Å²) < 4.78 is 2.00. The first kappa shape index (κ1) is 16.7. The van der Waals surface area contributed by atoms with Gasteiger partial charge in [0.1, 0.15) is 16.8 Å². The van der Waals surface area contributed by atoms with Crippen molar-refractivity contribution in [2.75, 3.05) is 0 Å². The van der Waals surface area contributed by atoms with Crippen molar-refractivity contribution in [1.29, 1.82) is 0 Å². The van der Waals surface area contributed by atoms with Crippen molar-refractivity contribution in [3.8, 4) is 28.3 Å². The van der Waals surface area contributed by atoms with Crippen LogP contribution in [0, 0.1) is 0 Å². The largest absolute Gasteiger partial charge is 0.283 e. The zero-order valence-corrected chi connectivity index (χ0v) is 15.7. The standard InChI is InChI=1S/C24H16ClN3/c25-22-21(17-9-3-1-4-10-17)19-13-7-8-14-20(19)24(27-22)28-16-15-26-23(28)18-11-5-2-6-12-18/h1-16H. The first-order chi connectivity index (χ1) is 13.8. The predicted octanol–water partition coefficient (Wildman–Crippen LogP) is 6.41. The van der Waals surface area contributed by atoms with E-state index < -0.39 is 0 Å². The molecule has 28 heavy (non-hydrogen) atoms. The van der Waals surface area contributed by atoms with Crippen LogP contribution in [-0.2, 0) is 0 Å². The van der Waals surface area contributed by atoms with Gasteiger partial charge in [-0.2, -0.15) is 0 Å². The van der Waals surface area contributed by atoms with Gasteiger partial charge in [0.05, 0.1) is 0 Å². The molecule has 0 fully saturated rings.